The Labute approximate surface area is 242 Å². The van der Waals surface area contributed by atoms with Crippen LogP contribution in [0.5, 0.6) is 0 Å². The van der Waals surface area contributed by atoms with Crippen LogP contribution in [-0.2, 0) is 18.6 Å². The SMILES string of the molecule is Nc1ncnc2c1c(/C=C/C(=O)NCCNc1ncnc3nc[nH]c13)cn2[C@H]1C[C@@H](O)C(COP(=O)(O)n2ccnc2)O1. The highest BCUT2D eigenvalue weighted by Gasteiger charge is 2.38. The van der Waals surface area contributed by atoms with Crippen molar-refractivity contribution >= 4 is 53.6 Å². The number of anilines is 2. The van der Waals surface area contributed by atoms with Crippen LogP contribution in [-0.4, -0.2) is 91.6 Å². The molecular formula is C24H27N12O6P. The van der Waals surface area contributed by atoms with Crippen LogP contribution in [0.25, 0.3) is 28.3 Å². The highest BCUT2D eigenvalue weighted by molar-refractivity contribution is 7.51. The number of nitrogens with one attached hydrogen (secondary N) is 3. The van der Waals surface area contributed by atoms with Crippen molar-refractivity contribution in [2.24, 2.45) is 0 Å². The first-order valence-electron chi connectivity index (χ1n) is 13.0. The molecule has 6 rings (SSSR count). The highest BCUT2D eigenvalue weighted by atomic mass is 31.2. The molecule has 4 atom stereocenters. The summed E-state index contributed by atoms with van der Waals surface area (Å²) in [6.07, 6.45) is 10.2. The number of hydrogen-bond donors (Lipinski definition) is 6. The van der Waals surface area contributed by atoms with Gasteiger partial charge in [0, 0.05) is 49.7 Å². The van der Waals surface area contributed by atoms with E-state index in [-0.39, 0.29) is 24.8 Å². The van der Waals surface area contributed by atoms with Gasteiger partial charge in [-0.3, -0.25) is 9.32 Å². The minimum absolute atomic E-state index is 0.149. The van der Waals surface area contributed by atoms with Crippen LogP contribution < -0.4 is 16.4 Å². The summed E-state index contributed by atoms with van der Waals surface area (Å²) in [6, 6.07) is 0. The van der Waals surface area contributed by atoms with E-state index in [4.69, 9.17) is 15.0 Å². The molecule has 0 spiro atoms. The average molecular weight is 611 g/mol. The summed E-state index contributed by atoms with van der Waals surface area (Å²) in [5.41, 5.74) is 8.35. The van der Waals surface area contributed by atoms with Gasteiger partial charge in [-0.25, -0.2) is 38.8 Å². The van der Waals surface area contributed by atoms with Gasteiger partial charge in [0.15, 0.2) is 11.5 Å². The van der Waals surface area contributed by atoms with Crippen LogP contribution in [0, 0.1) is 0 Å². The number of ether oxygens (including phenoxy) is 1. The number of aliphatic hydroxyl groups is 1. The van der Waals surface area contributed by atoms with E-state index in [1.54, 1.807) is 16.8 Å². The first kappa shape index (κ1) is 28.4. The maximum absolute atomic E-state index is 12.5. The predicted octanol–water partition coefficient (Wildman–Crippen LogP) is 0.432. The van der Waals surface area contributed by atoms with Crippen LogP contribution in [0.15, 0.2) is 50.0 Å². The van der Waals surface area contributed by atoms with Gasteiger partial charge in [-0.2, -0.15) is 0 Å². The standard InChI is InChI=1S/C24H27N12O6P/c25-21-19-14(1-2-17(38)27-3-4-28-22-20-23(31-10-29-20)33-12-32-22)8-36(24(19)34-11-30-21)18-7-15(37)16(42-18)9-41-43(39,40)35-6-5-26-13-35/h1-2,5-6,8,10-13,15-16,18,37H,3-4,7,9H2,(H,27,38)(H,39,40)(H2,25,30,34)(H2,28,29,31,32,33)/b2-1+/t15-,16?,18-/m1/s1. The number of amides is 1. The van der Waals surface area contributed by atoms with E-state index < -0.39 is 26.2 Å². The number of nitrogens with two attached hydrogens (primary N) is 1. The van der Waals surface area contributed by atoms with Gasteiger partial charge in [-0.1, -0.05) is 0 Å². The van der Waals surface area contributed by atoms with Gasteiger partial charge in [-0.15, -0.1) is 0 Å². The molecule has 0 bridgehead atoms. The molecule has 2 unspecified atom stereocenters. The Hall–Kier alpha value is -4.74. The number of fused-ring (bicyclic) bond motifs is 2. The zero-order valence-electron chi connectivity index (χ0n) is 22.4. The van der Waals surface area contributed by atoms with E-state index in [1.807, 2.05) is 0 Å². The van der Waals surface area contributed by atoms with Gasteiger partial charge in [0.05, 0.1) is 24.4 Å². The van der Waals surface area contributed by atoms with Crippen molar-refractivity contribution in [3.05, 3.63) is 55.5 Å². The summed E-state index contributed by atoms with van der Waals surface area (Å²) in [5.74, 6) is 0.429. The van der Waals surface area contributed by atoms with Crippen molar-refractivity contribution in [1.29, 1.82) is 0 Å². The van der Waals surface area contributed by atoms with Crippen molar-refractivity contribution in [2.75, 3.05) is 30.7 Å². The molecular weight excluding hydrogens is 583 g/mol. The molecule has 1 fully saturated rings. The number of aliphatic hydroxyl groups excluding tert-OH is 1. The lowest BCUT2D eigenvalue weighted by Crippen LogP contribution is -2.27. The number of imidazole rings is 2. The van der Waals surface area contributed by atoms with Crippen LogP contribution in [0.3, 0.4) is 0 Å². The molecule has 0 radical (unpaired) electrons. The Morgan fingerprint density at radius 2 is 2.12 bits per heavy atom. The zero-order chi connectivity index (χ0) is 30.0. The zero-order valence-corrected chi connectivity index (χ0v) is 23.3. The number of H-pyrrole nitrogens is 1. The van der Waals surface area contributed by atoms with E-state index in [0.717, 1.165) is 10.7 Å². The number of carbonyl (C=O) groups is 1. The van der Waals surface area contributed by atoms with Gasteiger partial charge in [0.2, 0.25) is 5.91 Å². The molecule has 43 heavy (non-hydrogen) atoms. The Morgan fingerprint density at radius 1 is 1.26 bits per heavy atom. The molecule has 1 saturated heterocycles. The predicted molar refractivity (Wildman–Crippen MR) is 152 cm³/mol. The molecule has 19 heteroatoms. The second-order valence-corrected chi connectivity index (χ2v) is 11.2. The second kappa shape index (κ2) is 11.9. The Balaban J connectivity index is 1.10. The normalized spacial score (nSPS) is 20.2. The molecule has 18 nitrogen and oxygen atoms in total. The van der Waals surface area contributed by atoms with Crippen LogP contribution in [0.2, 0.25) is 0 Å². The summed E-state index contributed by atoms with van der Waals surface area (Å²) >= 11 is 0. The summed E-state index contributed by atoms with van der Waals surface area (Å²) in [5, 5.41) is 17.0. The number of carbonyl (C=O) groups excluding carboxylic acids is 1. The first-order valence-corrected chi connectivity index (χ1v) is 14.6. The van der Waals surface area contributed by atoms with Crippen LogP contribution >= 0.6 is 7.75 Å². The van der Waals surface area contributed by atoms with E-state index in [0.29, 0.717) is 46.7 Å². The minimum Gasteiger partial charge on any atom is -0.390 e. The average Bonchev–Trinajstić information content (AvgIpc) is 3.80. The topological polar surface area (TPSA) is 246 Å². The van der Waals surface area contributed by atoms with Crippen molar-refractivity contribution < 1.29 is 28.6 Å². The lowest BCUT2D eigenvalue weighted by Gasteiger charge is -2.18. The third kappa shape index (κ3) is 5.95. The molecule has 0 aliphatic carbocycles. The number of hydrogen-bond acceptors (Lipinski definition) is 13. The molecule has 0 aromatic carbocycles. The number of nitrogens with zero attached hydrogens (tertiary/aromatic N) is 8. The summed E-state index contributed by atoms with van der Waals surface area (Å²) in [7, 11) is -4.20. The monoisotopic (exact) mass is 610 g/mol. The molecule has 1 aliphatic rings. The minimum atomic E-state index is -4.20. The Bertz CT molecular complexity index is 1820. The molecule has 5 aromatic rings. The lowest BCUT2D eigenvalue weighted by atomic mass is 10.2. The third-order valence-electron chi connectivity index (χ3n) is 6.73. The molecule has 6 heterocycles. The Morgan fingerprint density at radius 3 is 2.95 bits per heavy atom. The summed E-state index contributed by atoms with van der Waals surface area (Å²) in [4.78, 5) is 50.1. The fourth-order valence-corrected chi connectivity index (χ4v) is 5.54. The maximum Gasteiger partial charge on any atom is 0.437 e. The van der Waals surface area contributed by atoms with Crippen molar-refractivity contribution in [3.8, 4) is 0 Å². The Kier molecular flexibility index (Phi) is 7.83. The molecule has 7 N–H and O–H groups in total. The molecule has 1 amide bonds. The van der Waals surface area contributed by atoms with E-state index in [2.05, 4.69) is 45.5 Å². The first-order chi connectivity index (χ1) is 20.8. The molecule has 5 aromatic heterocycles. The number of aromatic amines is 1. The van der Waals surface area contributed by atoms with E-state index >= 15 is 0 Å². The highest BCUT2D eigenvalue weighted by Crippen LogP contribution is 2.44. The second-order valence-electron chi connectivity index (χ2n) is 9.49. The van der Waals surface area contributed by atoms with Crippen molar-refractivity contribution in [2.45, 2.75) is 24.9 Å². The van der Waals surface area contributed by atoms with Gasteiger partial charge in [-0.05, 0) is 6.08 Å². The fourth-order valence-electron chi connectivity index (χ4n) is 4.65. The quantitative estimate of drug-likeness (QED) is 0.0675. The number of nitrogen functional groups attached to an aromatic ring is 1. The largest absolute Gasteiger partial charge is 0.437 e. The van der Waals surface area contributed by atoms with E-state index in [1.165, 1.54) is 37.5 Å². The van der Waals surface area contributed by atoms with Gasteiger partial charge < -0.3 is 40.7 Å². The number of aromatic nitrogens is 9. The van der Waals surface area contributed by atoms with Gasteiger partial charge in [0.25, 0.3) is 0 Å². The summed E-state index contributed by atoms with van der Waals surface area (Å²) in [6.45, 7) is 0.380. The lowest BCUT2D eigenvalue weighted by molar-refractivity contribution is -0.116. The maximum atomic E-state index is 12.5. The molecule has 224 valence electrons. The third-order valence-corrected chi connectivity index (χ3v) is 8.03. The van der Waals surface area contributed by atoms with Crippen molar-refractivity contribution in [1.82, 2.24) is 49.1 Å². The molecule has 0 saturated carbocycles. The number of rotatable bonds is 11. The van der Waals surface area contributed by atoms with E-state index in [9.17, 15) is 19.4 Å². The summed E-state index contributed by atoms with van der Waals surface area (Å²) < 4.78 is 26.3. The van der Waals surface area contributed by atoms with Gasteiger partial charge in [0.1, 0.15) is 48.3 Å². The fraction of sp³-hybridized carbons (Fsp3) is 0.292. The molecule has 1 aliphatic heterocycles. The van der Waals surface area contributed by atoms with Crippen molar-refractivity contribution in [3.63, 3.8) is 0 Å². The van der Waals surface area contributed by atoms with Gasteiger partial charge >= 0.3 is 7.75 Å². The van der Waals surface area contributed by atoms with Crippen LogP contribution in [0.4, 0.5) is 11.6 Å². The van der Waals surface area contributed by atoms with Crippen LogP contribution in [0.1, 0.15) is 18.2 Å². The smallest absolute Gasteiger partial charge is 0.390 e.